The third-order valence-electron chi connectivity index (χ3n) is 15.3. The van der Waals surface area contributed by atoms with Crippen molar-refractivity contribution < 1.29 is 88.0 Å². The zero-order valence-electron chi connectivity index (χ0n) is 39.3. The van der Waals surface area contributed by atoms with Crippen molar-refractivity contribution in [3.63, 3.8) is 0 Å². The molecule has 1 saturated carbocycles. The number of hydrogen-bond acceptors (Lipinski definition) is 19. The lowest BCUT2D eigenvalue weighted by Crippen LogP contribution is -2.70. The Hall–Kier alpha value is -4.45. The van der Waals surface area contributed by atoms with Gasteiger partial charge in [0.15, 0.2) is 36.0 Å². The lowest BCUT2D eigenvalue weighted by atomic mass is 9.57. The Bertz CT molecular complexity index is 2680. The molecular formula is C51H60O19. The smallest absolute Gasteiger partial charge is 0.344 e. The SMILES string of the molecule is C[C@@H]1O[C@@H](O[C@@H]2C[C@H](c3cc4c(-c5ccc(O)cc5)c(=O)oc5c4c(c3O)C(=O)C3=C5[C@@]4(O[C@H]5CC[C@H](O)[C@@H](C)O5)C(=O)C[C@](C)(O)C[C@@]4(O)C=C3)O[C@H](C)[C@H]2O)CC[C@@H]1O[C@H]1C[C@@H](O)[C@H](O)[C@@H](C)O1. The molecule has 378 valence electrons. The molecule has 4 saturated heterocycles. The normalized spacial score (nSPS) is 40.8. The summed E-state index contributed by atoms with van der Waals surface area (Å²) >= 11 is 0. The molecule has 70 heavy (non-hydrogen) atoms. The van der Waals surface area contributed by atoms with E-state index in [-0.39, 0.29) is 81.4 Å². The van der Waals surface area contributed by atoms with Gasteiger partial charge in [0.05, 0.1) is 71.7 Å². The van der Waals surface area contributed by atoms with Crippen molar-refractivity contribution >= 4 is 27.9 Å². The Labute approximate surface area is 401 Å². The lowest BCUT2D eigenvalue weighted by Gasteiger charge is -2.55. The molecule has 19 heteroatoms. The van der Waals surface area contributed by atoms with E-state index in [0.717, 1.165) is 0 Å². The molecule has 8 N–H and O–H groups in total. The largest absolute Gasteiger partial charge is 0.508 e. The van der Waals surface area contributed by atoms with Crippen LogP contribution in [0.3, 0.4) is 0 Å². The third kappa shape index (κ3) is 8.16. The number of allylic oxidation sites excluding steroid dienone is 2. The van der Waals surface area contributed by atoms with Gasteiger partial charge in [0.2, 0.25) is 0 Å². The first kappa shape index (κ1) is 49.1. The van der Waals surface area contributed by atoms with Crippen LogP contribution in [-0.2, 0) is 38.0 Å². The Morgan fingerprint density at radius 3 is 2.09 bits per heavy atom. The standard InChI is InChI=1S/C51H60O19/c1-21-30(53)10-12-37(64-21)70-51-35(55)19-49(5,61)20-50(51,62)15-14-27-42(51)47-40-29(39(48(60)69-47)25-6-8-26(52)9-7-25)16-28(46(59)41(40)45(27)58)33-18-34(44(57)24(4)63-33)68-36-13-11-32(22(2)65-36)67-38-17-31(54)43(56)23(3)66-38/h6-9,14-16,21-24,30-34,36-38,43-44,52-54,56-57,59,61-62H,10-13,17-20H2,1-5H3/t21-,22+,23-,24-,30+,31-,32+,33-,34-,36+,37+,38+,43-,44-,49+,50+,51+/m1/s1. The lowest BCUT2D eigenvalue weighted by molar-refractivity contribution is -0.306. The molecule has 0 unspecified atom stereocenters. The second kappa shape index (κ2) is 17.9. The number of aliphatic hydroxyl groups is 6. The molecule has 1 aromatic heterocycles. The highest BCUT2D eigenvalue weighted by molar-refractivity contribution is 6.31. The fraction of sp³-hybridized carbons (Fsp3) is 0.588. The summed E-state index contributed by atoms with van der Waals surface area (Å²) in [6, 6.07) is 7.13. The number of carbonyl (C=O) groups excluding carboxylic acids is 2. The number of phenols is 2. The van der Waals surface area contributed by atoms with Crippen LogP contribution in [0.4, 0.5) is 0 Å². The predicted octanol–water partition coefficient (Wildman–Crippen LogP) is 3.24. The van der Waals surface area contributed by atoms with Gasteiger partial charge in [-0.1, -0.05) is 18.2 Å². The van der Waals surface area contributed by atoms with E-state index < -0.39 is 139 Å². The van der Waals surface area contributed by atoms with E-state index in [1.807, 2.05) is 0 Å². The van der Waals surface area contributed by atoms with Gasteiger partial charge in [0.25, 0.3) is 0 Å². The molecule has 4 aliphatic heterocycles. The van der Waals surface area contributed by atoms with Gasteiger partial charge in [-0.15, -0.1) is 0 Å². The van der Waals surface area contributed by atoms with E-state index in [0.29, 0.717) is 12.8 Å². The molecule has 10 rings (SSSR count). The van der Waals surface area contributed by atoms with Gasteiger partial charge >= 0.3 is 5.63 Å². The summed E-state index contributed by atoms with van der Waals surface area (Å²) in [5.74, 6) is -2.68. The number of benzene rings is 2. The van der Waals surface area contributed by atoms with E-state index in [1.54, 1.807) is 27.7 Å². The molecule has 19 nitrogen and oxygen atoms in total. The van der Waals surface area contributed by atoms with E-state index >= 15 is 4.79 Å². The number of phenolic OH excluding ortho intramolecular Hbond substituents is 2. The number of aliphatic hydroxyl groups excluding tert-OH is 4. The van der Waals surface area contributed by atoms with Crippen LogP contribution in [-0.4, -0.2) is 149 Å². The van der Waals surface area contributed by atoms with Crippen molar-refractivity contribution in [2.45, 2.75) is 189 Å². The Morgan fingerprint density at radius 2 is 1.39 bits per heavy atom. The molecule has 0 spiro atoms. The average Bonchev–Trinajstić information content (AvgIpc) is 3.28. The van der Waals surface area contributed by atoms with Crippen LogP contribution >= 0.6 is 0 Å². The molecule has 2 aromatic carbocycles. The molecule has 3 aliphatic carbocycles. The summed E-state index contributed by atoms with van der Waals surface area (Å²) in [6.45, 7) is 8.08. The Morgan fingerprint density at radius 1 is 0.714 bits per heavy atom. The summed E-state index contributed by atoms with van der Waals surface area (Å²) < 4.78 is 49.8. The number of carbonyl (C=O) groups is 2. The van der Waals surface area contributed by atoms with Crippen LogP contribution in [0.5, 0.6) is 11.5 Å². The summed E-state index contributed by atoms with van der Waals surface area (Å²) in [4.78, 5) is 44.9. The van der Waals surface area contributed by atoms with Crippen LogP contribution in [0.15, 0.2) is 57.3 Å². The zero-order chi connectivity index (χ0) is 49.9. The molecule has 0 amide bonds. The van der Waals surface area contributed by atoms with Crippen molar-refractivity contribution in [2.75, 3.05) is 0 Å². The minimum atomic E-state index is -2.52. The van der Waals surface area contributed by atoms with Crippen LogP contribution < -0.4 is 5.63 Å². The molecular weight excluding hydrogens is 917 g/mol. The van der Waals surface area contributed by atoms with Gasteiger partial charge in [-0.25, -0.2) is 4.79 Å². The number of ether oxygens (including phenoxy) is 7. The number of hydrogen-bond donors (Lipinski definition) is 8. The Balaban J connectivity index is 1.04. The summed E-state index contributed by atoms with van der Waals surface area (Å²) in [5, 5.41) is 89.2. The average molecular weight is 977 g/mol. The molecule has 7 aliphatic rings. The van der Waals surface area contributed by atoms with Crippen LogP contribution in [0.2, 0.25) is 0 Å². The van der Waals surface area contributed by atoms with Crippen LogP contribution in [0.1, 0.15) is 114 Å². The number of fused-ring (bicyclic) bond motifs is 3. The quantitative estimate of drug-likeness (QED) is 0.161. The van der Waals surface area contributed by atoms with Crippen LogP contribution in [0.25, 0.3) is 27.5 Å². The van der Waals surface area contributed by atoms with E-state index in [4.69, 9.17) is 37.6 Å². The number of ketones is 2. The number of aromatic hydroxyl groups is 2. The predicted molar refractivity (Wildman–Crippen MR) is 243 cm³/mol. The third-order valence-corrected chi connectivity index (χ3v) is 15.3. The minimum absolute atomic E-state index is 0.0550. The van der Waals surface area contributed by atoms with Gasteiger partial charge in [-0.2, -0.15) is 0 Å². The van der Waals surface area contributed by atoms with Crippen molar-refractivity contribution in [1.29, 1.82) is 0 Å². The highest BCUT2D eigenvalue weighted by atomic mass is 16.7. The number of rotatable bonds is 8. The second-order valence-corrected chi connectivity index (χ2v) is 20.4. The monoisotopic (exact) mass is 976 g/mol. The van der Waals surface area contributed by atoms with Crippen molar-refractivity contribution in [3.8, 4) is 22.6 Å². The maximum Gasteiger partial charge on any atom is 0.344 e. The van der Waals surface area contributed by atoms with E-state index in [1.165, 1.54) is 49.4 Å². The first-order chi connectivity index (χ1) is 33.1. The second-order valence-electron chi connectivity index (χ2n) is 20.4. The Kier molecular flexibility index (Phi) is 12.6. The molecule has 17 atom stereocenters. The first-order valence-electron chi connectivity index (χ1n) is 24.1. The highest BCUT2D eigenvalue weighted by Crippen LogP contribution is 2.58. The van der Waals surface area contributed by atoms with Crippen molar-refractivity contribution in [2.24, 2.45) is 0 Å². The molecule has 0 radical (unpaired) electrons. The molecule has 5 fully saturated rings. The van der Waals surface area contributed by atoms with Gasteiger partial charge in [0, 0.05) is 66.0 Å². The fourth-order valence-corrected chi connectivity index (χ4v) is 11.6. The molecule has 5 heterocycles. The van der Waals surface area contributed by atoms with Crippen LogP contribution in [0, 0.1) is 0 Å². The van der Waals surface area contributed by atoms with E-state index in [2.05, 4.69) is 0 Å². The van der Waals surface area contributed by atoms with E-state index in [9.17, 15) is 50.4 Å². The number of Topliss-reactive ketones (excluding diaryl/α,β-unsaturated/α-hetero) is 2. The molecule has 3 aromatic rings. The van der Waals surface area contributed by atoms with Crippen molar-refractivity contribution in [1.82, 2.24) is 0 Å². The first-order valence-corrected chi connectivity index (χ1v) is 24.1. The van der Waals surface area contributed by atoms with Crippen molar-refractivity contribution in [3.05, 3.63) is 75.4 Å². The van der Waals surface area contributed by atoms with Gasteiger partial charge < -0.3 is 78.4 Å². The highest BCUT2D eigenvalue weighted by Gasteiger charge is 2.68. The fourth-order valence-electron chi connectivity index (χ4n) is 11.6. The summed E-state index contributed by atoms with van der Waals surface area (Å²) in [6.07, 6.45) is -9.54. The summed E-state index contributed by atoms with van der Waals surface area (Å²) in [7, 11) is 0. The maximum absolute atomic E-state index is 15.3. The zero-order valence-corrected chi connectivity index (χ0v) is 39.3. The van der Waals surface area contributed by atoms with Gasteiger partial charge in [-0.3, -0.25) is 9.59 Å². The van der Waals surface area contributed by atoms with Gasteiger partial charge in [-0.05, 0) is 77.3 Å². The summed E-state index contributed by atoms with van der Waals surface area (Å²) in [5.41, 5.74) is -8.19. The maximum atomic E-state index is 15.3. The molecule has 0 bridgehead atoms. The van der Waals surface area contributed by atoms with Gasteiger partial charge in [0.1, 0.15) is 35.1 Å². The minimum Gasteiger partial charge on any atom is -0.508 e. The topological polar surface area (TPSA) is 291 Å².